The van der Waals surface area contributed by atoms with E-state index in [1.807, 2.05) is 6.07 Å². The van der Waals surface area contributed by atoms with E-state index in [1.54, 1.807) is 6.26 Å². The first-order valence-electron chi connectivity index (χ1n) is 6.08. The minimum absolute atomic E-state index is 0.384. The van der Waals surface area contributed by atoms with Crippen molar-refractivity contribution in [1.29, 1.82) is 0 Å². The van der Waals surface area contributed by atoms with Crippen LogP contribution in [0.3, 0.4) is 0 Å². The van der Waals surface area contributed by atoms with Crippen molar-refractivity contribution >= 4 is 0 Å². The summed E-state index contributed by atoms with van der Waals surface area (Å²) in [5.74, 6) is 1.86. The van der Waals surface area contributed by atoms with Crippen molar-refractivity contribution in [3.63, 3.8) is 0 Å². The van der Waals surface area contributed by atoms with Crippen molar-refractivity contribution in [2.45, 2.75) is 46.1 Å². The second-order valence-corrected chi connectivity index (χ2v) is 4.04. The molecule has 86 valence electrons. The Morgan fingerprint density at radius 2 is 2.00 bits per heavy atom. The van der Waals surface area contributed by atoms with Crippen LogP contribution in [0.15, 0.2) is 22.8 Å². The maximum atomic E-state index is 5.48. The molecule has 2 heteroatoms. The van der Waals surface area contributed by atoms with Crippen molar-refractivity contribution < 1.29 is 4.42 Å². The molecule has 0 saturated carbocycles. The van der Waals surface area contributed by atoms with Gasteiger partial charge >= 0.3 is 0 Å². The van der Waals surface area contributed by atoms with Crippen molar-refractivity contribution in [2.75, 3.05) is 6.54 Å². The van der Waals surface area contributed by atoms with Crippen molar-refractivity contribution in [1.82, 2.24) is 5.32 Å². The average molecular weight is 209 g/mol. The molecule has 15 heavy (non-hydrogen) atoms. The molecular weight excluding hydrogens is 186 g/mol. The second kappa shape index (κ2) is 6.67. The van der Waals surface area contributed by atoms with Gasteiger partial charge in [0.15, 0.2) is 0 Å². The lowest BCUT2D eigenvalue weighted by molar-refractivity contribution is 0.332. The van der Waals surface area contributed by atoms with Crippen LogP contribution in [0.25, 0.3) is 0 Å². The molecular formula is C13H23NO. The third-order valence-corrected chi connectivity index (χ3v) is 3.06. The molecule has 2 nitrogen and oxygen atoms in total. The molecule has 1 atom stereocenters. The number of furan rings is 1. The van der Waals surface area contributed by atoms with Gasteiger partial charge in [-0.1, -0.05) is 33.6 Å². The molecule has 1 aromatic rings. The van der Waals surface area contributed by atoms with Crippen molar-refractivity contribution in [2.24, 2.45) is 5.92 Å². The Morgan fingerprint density at radius 1 is 1.27 bits per heavy atom. The van der Waals surface area contributed by atoms with E-state index in [2.05, 4.69) is 32.2 Å². The lowest BCUT2D eigenvalue weighted by atomic mass is 9.93. The van der Waals surface area contributed by atoms with Crippen LogP contribution in [-0.4, -0.2) is 6.54 Å². The highest BCUT2D eigenvalue weighted by atomic mass is 16.3. The van der Waals surface area contributed by atoms with Crippen molar-refractivity contribution in [3.8, 4) is 0 Å². The summed E-state index contributed by atoms with van der Waals surface area (Å²) in [5, 5.41) is 3.49. The van der Waals surface area contributed by atoms with Gasteiger partial charge < -0.3 is 9.73 Å². The first-order valence-corrected chi connectivity index (χ1v) is 6.08. The lowest BCUT2D eigenvalue weighted by Gasteiger charge is -2.20. The lowest BCUT2D eigenvalue weighted by Crippen LogP contribution is -2.22. The maximum Gasteiger partial charge on any atom is 0.120 e. The minimum Gasteiger partial charge on any atom is -0.468 e. The van der Waals surface area contributed by atoms with Crippen LogP contribution in [0.4, 0.5) is 0 Å². The van der Waals surface area contributed by atoms with E-state index >= 15 is 0 Å². The monoisotopic (exact) mass is 209 g/mol. The number of rotatable bonds is 7. The van der Waals surface area contributed by atoms with Crippen LogP contribution in [0.1, 0.15) is 51.8 Å². The van der Waals surface area contributed by atoms with E-state index in [9.17, 15) is 0 Å². The number of hydrogen-bond acceptors (Lipinski definition) is 2. The molecule has 0 aliphatic carbocycles. The Bertz CT molecular complexity index is 239. The molecule has 1 aromatic heterocycles. The highest BCUT2D eigenvalue weighted by Gasteiger charge is 2.17. The summed E-state index contributed by atoms with van der Waals surface area (Å²) in [6, 6.07) is 4.41. The van der Waals surface area contributed by atoms with Gasteiger partial charge in [0.25, 0.3) is 0 Å². The summed E-state index contributed by atoms with van der Waals surface area (Å²) >= 11 is 0. The zero-order valence-corrected chi connectivity index (χ0v) is 10.1. The quantitative estimate of drug-likeness (QED) is 0.739. The van der Waals surface area contributed by atoms with E-state index in [1.165, 1.54) is 19.3 Å². The molecule has 0 spiro atoms. The molecule has 0 bridgehead atoms. The summed E-state index contributed by atoms with van der Waals surface area (Å²) in [5.41, 5.74) is 0. The van der Waals surface area contributed by atoms with E-state index in [-0.39, 0.29) is 0 Å². The third-order valence-electron chi connectivity index (χ3n) is 3.06. The molecule has 0 aliphatic rings. The van der Waals surface area contributed by atoms with Crippen LogP contribution < -0.4 is 5.32 Å². The van der Waals surface area contributed by atoms with Gasteiger partial charge in [-0.15, -0.1) is 0 Å². The topological polar surface area (TPSA) is 25.2 Å². The van der Waals surface area contributed by atoms with Gasteiger partial charge in [0.05, 0.1) is 12.3 Å². The predicted octanol–water partition coefficient (Wildman–Crippen LogP) is 3.76. The summed E-state index contributed by atoms with van der Waals surface area (Å²) in [6.45, 7) is 7.66. The molecule has 1 N–H and O–H groups in total. The van der Waals surface area contributed by atoms with E-state index < -0.39 is 0 Å². The Balaban J connectivity index is 2.58. The molecule has 0 radical (unpaired) electrons. The minimum atomic E-state index is 0.384. The summed E-state index contributed by atoms with van der Waals surface area (Å²) < 4.78 is 5.48. The fourth-order valence-corrected chi connectivity index (χ4v) is 1.99. The predicted molar refractivity (Wildman–Crippen MR) is 63.8 cm³/mol. The van der Waals surface area contributed by atoms with E-state index in [4.69, 9.17) is 4.42 Å². The molecule has 0 amide bonds. The molecule has 1 unspecified atom stereocenters. The zero-order valence-electron chi connectivity index (χ0n) is 10.1. The van der Waals surface area contributed by atoms with Gasteiger partial charge in [-0.3, -0.25) is 0 Å². The smallest absolute Gasteiger partial charge is 0.120 e. The Kier molecular flexibility index (Phi) is 5.48. The van der Waals surface area contributed by atoms with Crippen LogP contribution in [-0.2, 0) is 0 Å². The fraction of sp³-hybridized carbons (Fsp3) is 0.692. The standard InChI is InChI=1S/C13H23NO/c1-4-11(5-2)10-12(14-6-3)13-8-7-9-15-13/h7-9,11-12,14H,4-6,10H2,1-3H3. The summed E-state index contributed by atoms with van der Waals surface area (Å²) in [7, 11) is 0. The normalized spacial score (nSPS) is 13.3. The number of nitrogens with one attached hydrogen (secondary N) is 1. The molecule has 1 heterocycles. The Morgan fingerprint density at radius 3 is 2.47 bits per heavy atom. The second-order valence-electron chi connectivity index (χ2n) is 4.04. The van der Waals surface area contributed by atoms with Crippen LogP contribution in [0, 0.1) is 5.92 Å². The fourth-order valence-electron chi connectivity index (χ4n) is 1.99. The summed E-state index contributed by atoms with van der Waals surface area (Å²) in [4.78, 5) is 0. The largest absolute Gasteiger partial charge is 0.468 e. The first-order chi connectivity index (χ1) is 7.31. The highest BCUT2D eigenvalue weighted by molar-refractivity contribution is 5.04. The Labute approximate surface area is 93.1 Å². The molecule has 1 rings (SSSR count). The van der Waals surface area contributed by atoms with Gasteiger partial charge in [-0.2, -0.15) is 0 Å². The van der Waals surface area contributed by atoms with E-state index in [0.717, 1.165) is 18.2 Å². The van der Waals surface area contributed by atoms with Gasteiger partial charge in [-0.05, 0) is 31.0 Å². The van der Waals surface area contributed by atoms with Gasteiger partial charge in [0, 0.05) is 0 Å². The summed E-state index contributed by atoms with van der Waals surface area (Å²) in [6.07, 6.45) is 5.43. The van der Waals surface area contributed by atoms with Gasteiger partial charge in [0.1, 0.15) is 5.76 Å². The zero-order chi connectivity index (χ0) is 11.1. The first kappa shape index (κ1) is 12.3. The van der Waals surface area contributed by atoms with Crippen LogP contribution in [0.5, 0.6) is 0 Å². The van der Waals surface area contributed by atoms with Crippen LogP contribution in [0.2, 0.25) is 0 Å². The molecule has 0 aromatic carbocycles. The van der Waals surface area contributed by atoms with Crippen LogP contribution >= 0.6 is 0 Å². The molecule has 0 fully saturated rings. The average Bonchev–Trinajstić information content (AvgIpc) is 2.77. The molecule has 0 saturated heterocycles. The third kappa shape index (κ3) is 3.71. The van der Waals surface area contributed by atoms with Gasteiger partial charge in [0.2, 0.25) is 0 Å². The SMILES string of the molecule is CCNC(CC(CC)CC)c1ccco1. The Hall–Kier alpha value is -0.760. The van der Waals surface area contributed by atoms with Crippen molar-refractivity contribution in [3.05, 3.63) is 24.2 Å². The maximum absolute atomic E-state index is 5.48. The number of hydrogen-bond donors (Lipinski definition) is 1. The highest BCUT2D eigenvalue weighted by Crippen LogP contribution is 2.25. The molecule has 0 aliphatic heterocycles. The van der Waals surface area contributed by atoms with Gasteiger partial charge in [-0.25, -0.2) is 0 Å². The van der Waals surface area contributed by atoms with E-state index in [0.29, 0.717) is 6.04 Å².